The predicted molar refractivity (Wildman–Crippen MR) is 178 cm³/mol. The standard InChI is InChI=1S/C40H36O8/c1-20-12-28-26-8-7-25(42)18-34(26)46-40(19-22-5-9-30(43)27-10-11-39(2,3)48-38(22)27)37(28)29(13-20)36-31(44)14-23(16-35(36)47-40)32-15-21-4-6-24(41)17-33(21)45-32/h4-11,13-14,16-18,28-29,32,37,41-44H,12,15,19H2,1-3H3/t28-,29+,32+,37-,40-/m0/s1. The zero-order chi connectivity index (χ0) is 33.1. The summed E-state index contributed by atoms with van der Waals surface area (Å²) in [5.74, 6) is 0.940. The van der Waals surface area contributed by atoms with E-state index in [0.717, 1.165) is 28.7 Å². The zero-order valence-electron chi connectivity index (χ0n) is 26.9. The highest BCUT2D eigenvalue weighted by atomic mass is 16.7. The van der Waals surface area contributed by atoms with Crippen molar-refractivity contribution in [2.75, 3.05) is 0 Å². The summed E-state index contributed by atoms with van der Waals surface area (Å²) in [5.41, 5.74) is 5.43. The molecule has 244 valence electrons. The number of fused-ring (bicyclic) bond motifs is 6. The fourth-order valence-corrected chi connectivity index (χ4v) is 8.53. The van der Waals surface area contributed by atoms with E-state index >= 15 is 0 Å². The quantitative estimate of drug-likeness (QED) is 0.166. The van der Waals surface area contributed by atoms with Gasteiger partial charge in [0.05, 0.1) is 17.9 Å². The first-order valence-electron chi connectivity index (χ1n) is 16.4. The molecule has 4 aliphatic heterocycles. The highest BCUT2D eigenvalue weighted by molar-refractivity contribution is 5.69. The first-order valence-corrected chi connectivity index (χ1v) is 16.4. The summed E-state index contributed by atoms with van der Waals surface area (Å²) >= 11 is 0. The Bertz CT molecular complexity index is 2090. The summed E-state index contributed by atoms with van der Waals surface area (Å²) in [6.07, 6.45) is 7.28. The van der Waals surface area contributed by atoms with E-state index < -0.39 is 11.4 Å². The molecule has 4 aromatic rings. The van der Waals surface area contributed by atoms with Gasteiger partial charge in [0.15, 0.2) is 0 Å². The third-order valence-electron chi connectivity index (χ3n) is 10.6. The number of allylic oxidation sites excluding steroid dienone is 2. The number of aromatic hydroxyl groups is 4. The summed E-state index contributed by atoms with van der Waals surface area (Å²) in [6.45, 7) is 6.06. The van der Waals surface area contributed by atoms with E-state index in [1.54, 1.807) is 36.4 Å². The van der Waals surface area contributed by atoms with Gasteiger partial charge in [-0.25, -0.2) is 0 Å². The second kappa shape index (κ2) is 9.89. The van der Waals surface area contributed by atoms with E-state index in [0.29, 0.717) is 40.5 Å². The Hall–Kier alpha value is -5.24. The average Bonchev–Trinajstić information content (AvgIpc) is 3.45. The molecular weight excluding hydrogens is 608 g/mol. The van der Waals surface area contributed by atoms with Gasteiger partial charge in [-0.3, -0.25) is 0 Å². The molecular formula is C40H36O8. The van der Waals surface area contributed by atoms with Crippen molar-refractivity contribution in [1.29, 1.82) is 0 Å². The van der Waals surface area contributed by atoms with Crippen LogP contribution >= 0.6 is 0 Å². The van der Waals surface area contributed by atoms with E-state index in [-0.39, 0.29) is 53.3 Å². The van der Waals surface area contributed by atoms with Crippen LogP contribution in [0.4, 0.5) is 0 Å². The van der Waals surface area contributed by atoms with Crippen molar-refractivity contribution in [1.82, 2.24) is 0 Å². The molecule has 9 rings (SSSR count). The molecule has 5 atom stereocenters. The molecule has 4 aromatic carbocycles. The van der Waals surface area contributed by atoms with Crippen LogP contribution in [0.15, 0.2) is 78.4 Å². The minimum atomic E-state index is -1.27. The molecule has 4 heterocycles. The van der Waals surface area contributed by atoms with Gasteiger partial charge in [0, 0.05) is 47.1 Å². The van der Waals surface area contributed by atoms with Gasteiger partial charge < -0.3 is 39.4 Å². The molecule has 8 heteroatoms. The lowest BCUT2D eigenvalue weighted by Crippen LogP contribution is -2.60. The average molecular weight is 645 g/mol. The number of benzene rings is 4. The van der Waals surface area contributed by atoms with E-state index in [1.807, 2.05) is 50.3 Å². The van der Waals surface area contributed by atoms with Gasteiger partial charge in [0.1, 0.15) is 57.7 Å². The first kappa shape index (κ1) is 28.9. The largest absolute Gasteiger partial charge is 0.508 e. The van der Waals surface area contributed by atoms with E-state index in [1.165, 1.54) is 5.57 Å². The number of hydrogen-bond donors (Lipinski definition) is 4. The van der Waals surface area contributed by atoms with Crippen LogP contribution in [0, 0.1) is 5.92 Å². The molecule has 0 unspecified atom stereocenters. The maximum Gasteiger partial charge on any atom is 0.259 e. The Morgan fingerprint density at radius 1 is 0.792 bits per heavy atom. The van der Waals surface area contributed by atoms with Crippen molar-refractivity contribution in [3.63, 3.8) is 0 Å². The Morgan fingerprint density at radius 3 is 2.40 bits per heavy atom. The molecule has 0 fully saturated rings. The molecule has 0 saturated heterocycles. The van der Waals surface area contributed by atoms with Gasteiger partial charge >= 0.3 is 0 Å². The minimum Gasteiger partial charge on any atom is -0.508 e. The van der Waals surface area contributed by atoms with Gasteiger partial charge in [0.25, 0.3) is 5.79 Å². The van der Waals surface area contributed by atoms with Crippen LogP contribution in [-0.2, 0) is 12.8 Å². The Labute approximate surface area is 278 Å². The number of phenolic OH excluding ortho intramolecular Hbond substituents is 4. The normalized spacial score (nSPS) is 26.6. The van der Waals surface area contributed by atoms with Gasteiger partial charge in [-0.1, -0.05) is 29.8 Å². The van der Waals surface area contributed by atoms with Crippen molar-refractivity contribution >= 4 is 6.08 Å². The van der Waals surface area contributed by atoms with Crippen LogP contribution in [0.5, 0.6) is 46.0 Å². The van der Waals surface area contributed by atoms with E-state index in [2.05, 4.69) is 13.0 Å². The lowest BCUT2D eigenvalue weighted by molar-refractivity contribution is -0.187. The van der Waals surface area contributed by atoms with Crippen LogP contribution < -0.4 is 18.9 Å². The van der Waals surface area contributed by atoms with Gasteiger partial charge in [0.2, 0.25) is 0 Å². The summed E-state index contributed by atoms with van der Waals surface area (Å²) in [7, 11) is 0. The summed E-state index contributed by atoms with van der Waals surface area (Å²) in [6, 6.07) is 17.6. The van der Waals surface area contributed by atoms with Gasteiger partial charge in [-0.2, -0.15) is 0 Å². The number of ether oxygens (including phenoxy) is 4. The minimum absolute atomic E-state index is 0.0258. The predicted octanol–water partition coefficient (Wildman–Crippen LogP) is 7.93. The van der Waals surface area contributed by atoms with Crippen LogP contribution in [0.1, 0.15) is 78.5 Å². The third-order valence-corrected chi connectivity index (χ3v) is 10.6. The molecule has 0 bridgehead atoms. The van der Waals surface area contributed by atoms with Crippen molar-refractivity contribution < 1.29 is 39.4 Å². The van der Waals surface area contributed by atoms with Crippen LogP contribution in [0.25, 0.3) is 6.08 Å². The maximum atomic E-state index is 11.8. The first-order chi connectivity index (χ1) is 23.0. The van der Waals surface area contributed by atoms with Crippen molar-refractivity contribution in [2.45, 2.75) is 69.4 Å². The molecule has 0 radical (unpaired) electrons. The third kappa shape index (κ3) is 4.35. The Morgan fingerprint density at radius 2 is 1.56 bits per heavy atom. The summed E-state index contributed by atoms with van der Waals surface area (Å²) < 4.78 is 26.8. The Kier molecular flexibility index (Phi) is 5.96. The smallest absolute Gasteiger partial charge is 0.259 e. The van der Waals surface area contributed by atoms with Crippen molar-refractivity contribution in [3.8, 4) is 46.0 Å². The van der Waals surface area contributed by atoms with Crippen LogP contribution in [0.3, 0.4) is 0 Å². The summed E-state index contributed by atoms with van der Waals surface area (Å²) in [5, 5.41) is 43.2. The fraction of sp³-hybridized carbons (Fsp3) is 0.300. The zero-order valence-corrected chi connectivity index (χ0v) is 26.9. The molecule has 8 nitrogen and oxygen atoms in total. The highest BCUT2D eigenvalue weighted by Gasteiger charge is 2.60. The van der Waals surface area contributed by atoms with Crippen LogP contribution in [0.2, 0.25) is 0 Å². The lowest BCUT2D eigenvalue weighted by atomic mass is 9.61. The topological polar surface area (TPSA) is 118 Å². The molecule has 0 spiro atoms. The maximum absolute atomic E-state index is 11.8. The summed E-state index contributed by atoms with van der Waals surface area (Å²) in [4.78, 5) is 0. The fourth-order valence-electron chi connectivity index (χ4n) is 8.53. The van der Waals surface area contributed by atoms with Gasteiger partial charge in [-0.15, -0.1) is 0 Å². The van der Waals surface area contributed by atoms with E-state index in [4.69, 9.17) is 18.9 Å². The monoisotopic (exact) mass is 644 g/mol. The van der Waals surface area contributed by atoms with Crippen molar-refractivity contribution in [2.24, 2.45) is 5.92 Å². The van der Waals surface area contributed by atoms with Crippen molar-refractivity contribution in [3.05, 3.63) is 112 Å². The molecule has 0 aromatic heterocycles. The van der Waals surface area contributed by atoms with E-state index in [9.17, 15) is 20.4 Å². The molecule has 0 amide bonds. The molecule has 4 N–H and O–H groups in total. The number of phenols is 4. The molecule has 48 heavy (non-hydrogen) atoms. The number of hydrogen-bond acceptors (Lipinski definition) is 8. The Balaban J connectivity index is 1.21. The van der Waals surface area contributed by atoms with Crippen LogP contribution in [-0.4, -0.2) is 31.8 Å². The second-order valence-corrected chi connectivity index (χ2v) is 14.4. The molecule has 1 aliphatic carbocycles. The highest BCUT2D eigenvalue weighted by Crippen LogP contribution is 2.63. The molecule has 5 aliphatic rings. The molecule has 0 saturated carbocycles. The van der Waals surface area contributed by atoms with Gasteiger partial charge in [-0.05, 0) is 80.8 Å². The second-order valence-electron chi connectivity index (χ2n) is 14.4. The SMILES string of the molecule is CC1=C[C@@H]2c3c(O)cc([C@H]4Cc5ccc(O)cc5O4)cc3O[C@]3(Cc4ccc(O)c5c4OC(C)(C)C=C5)Oc4cc(O)ccc4[C@H](C1)[C@@H]23. The number of rotatable bonds is 3. The lowest BCUT2D eigenvalue weighted by Gasteiger charge is -2.55.